The molecule has 1 heterocycles. The summed E-state index contributed by atoms with van der Waals surface area (Å²) in [6, 6.07) is 7.20. The van der Waals surface area contributed by atoms with Gasteiger partial charge in [-0.3, -0.25) is 9.59 Å². The summed E-state index contributed by atoms with van der Waals surface area (Å²) in [6.07, 6.45) is 5.12. The van der Waals surface area contributed by atoms with Gasteiger partial charge in [0.2, 0.25) is 5.91 Å². The number of nitrogens with zero attached hydrogens (tertiary/aromatic N) is 1. The highest BCUT2D eigenvalue weighted by Gasteiger charge is 2.51. The summed E-state index contributed by atoms with van der Waals surface area (Å²) in [5, 5.41) is 0. The van der Waals surface area contributed by atoms with Crippen LogP contribution >= 0.6 is 15.9 Å². The number of halogens is 1. The predicted molar refractivity (Wildman–Crippen MR) is 87.1 cm³/mol. The molecule has 118 valence electrons. The fourth-order valence-corrected chi connectivity index (χ4v) is 3.54. The molecule has 5 heteroatoms. The zero-order valence-corrected chi connectivity index (χ0v) is 14.3. The molecule has 1 aromatic carbocycles. The third-order valence-electron chi connectivity index (χ3n) is 4.51. The van der Waals surface area contributed by atoms with Crippen LogP contribution in [0.2, 0.25) is 0 Å². The smallest absolute Gasteiger partial charge is 0.267 e. The molecule has 3 rings (SSSR count). The first-order valence-electron chi connectivity index (χ1n) is 7.89. The second kappa shape index (κ2) is 6.03. The molecule has 1 aromatic rings. The number of hydrogen-bond acceptors (Lipinski definition) is 3. The molecule has 1 atom stereocenters. The average molecular weight is 366 g/mol. The van der Waals surface area contributed by atoms with Gasteiger partial charge in [-0.15, -0.1) is 0 Å². The van der Waals surface area contributed by atoms with Gasteiger partial charge in [-0.25, -0.2) is 4.90 Å². The molecule has 2 amide bonds. The number of carbonyl (C=O) groups excluding carboxylic acids is 2. The summed E-state index contributed by atoms with van der Waals surface area (Å²) in [5.41, 5.74) is -0.329. The van der Waals surface area contributed by atoms with Crippen molar-refractivity contribution < 1.29 is 14.3 Å². The highest BCUT2D eigenvalue weighted by Crippen LogP contribution is 2.42. The van der Waals surface area contributed by atoms with Gasteiger partial charge in [0.15, 0.2) is 5.72 Å². The van der Waals surface area contributed by atoms with E-state index in [9.17, 15) is 9.59 Å². The molecular weight excluding hydrogens is 346 g/mol. The SMILES string of the molecule is CCC(Br)C(=O)N1C(=O)c2ccccc2OC12CCCCC2. The van der Waals surface area contributed by atoms with Crippen LogP contribution in [0.5, 0.6) is 5.75 Å². The van der Waals surface area contributed by atoms with Gasteiger partial charge >= 0.3 is 0 Å². The van der Waals surface area contributed by atoms with Crippen LogP contribution < -0.4 is 4.74 Å². The lowest BCUT2D eigenvalue weighted by molar-refractivity contribution is -0.153. The first-order valence-corrected chi connectivity index (χ1v) is 8.81. The minimum absolute atomic E-state index is 0.191. The molecule has 4 nitrogen and oxygen atoms in total. The molecule has 1 unspecified atom stereocenters. The fraction of sp³-hybridized carbons (Fsp3) is 0.529. The maximum Gasteiger partial charge on any atom is 0.267 e. The van der Waals surface area contributed by atoms with Gasteiger partial charge in [0, 0.05) is 12.8 Å². The van der Waals surface area contributed by atoms with E-state index in [4.69, 9.17) is 4.74 Å². The lowest BCUT2D eigenvalue weighted by atomic mass is 9.87. The maximum absolute atomic E-state index is 13.0. The van der Waals surface area contributed by atoms with E-state index in [-0.39, 0.29) is 16.6 Å². The van der Waals surface area contributed by atoms with Crippen molar-refractivity contribution in [3.8, 4) is 5.75 Å². The van der Waals surface area contributed by atoms with Crippen LogP contribution in [-0.4, -0.2) is 27.3 Å². The largest absolute Gasteiger partial charge is 0.467 e. The lowest BCUT2D eigenvalue weighted by Gasteiger charge is -2.48. The summed E-state index contributed by atoms with van der Waals surface area (Å²) < 4.78 is 6.22. The molecular formula is C17H20BrNO3. The Morgan fingerprint density at radius 1 is 1.32 bits per heavy atom. The number of alkyl halides is 1. The zero-order valence-electron chi connectivity index (χ0n) is 12.7. The Balaban J connectivity index is 2.06. The summed E-state index contributed by atoms with van der Waals surface area (Å²) >= 11 is 3.40. The van der Waals surface area contributed by atoms with Gasteiger partial charge in [-0.1, -0.05) is 41.4 Å². The van der Waals surface area contributed by atoms with Crippen molar-refractivity contribution in [2.75, 3.05) is 0 Å². The standard InChI is InChI=1S/C17H20BrNO3/c1-2-13(18)16(21)19-15(20)12-8-4-5-9-14(12)22-17(19)10-6-3-7-11-17/h4-5,8-9,13H,2-3,6-7,10-11H2,1H3. The Kier molecular flexibility index (Phi) is 4.26. The van der Waals surface area contributed by atoms with E-state index < -0.39 is 5.72 Å². The number of para-hydroxylation sites is 1. The number of imide groups is 1. The van der Waals surface area contributed by atoms with Crippen LogP contribution in [0.1, 0.15) is 55.8 Å². The minimum Gasteiger partial charge on any atom is -0.467 e. The summed E-state index contributed by atoms with van der Waals surface area (Å²) in [7, 11) is 0. The third kappa shape index (κ3) is 2.45. The molecule has 1 saturated carbocycles. The first-order chi connectivity index (χ1) is 10.6. The first kappa shape index (κ1) is 15.5. The molecule has 0 bridgehead atoms. The molecule has 1 aliphatic heterocycles. The number of amides is 2. The van der Waals surface area contributed by atoms with E-state index in [2.05, 4.69) is 15.9 Å². The Bertz CT molecular complexity index is 595. The average Bonchev–Trinajstić information content (AvgIpc) is 2.54. The van der Waals surface area contributed by atoms with Crippen LogP contribution in [0.15, 0.2) is 24.3 Å². The van der Waals surface area contributed by atoms with Crippen molar-refractivity contribution in [2.45, 2.75) is 56.0 Å². The van der Waals surface area contributed by atoms with Crippen LogP contribution in [-0.2, 0) is 4.79 Å². The van der Waals surface area contributed by atoms with Crippen LogP contribution in [0, 0.1) is 0 Å². The van der Waals surface area contributed by atoms with E-state index in [1.54, 1.807) is 12.1 Å². The van der Waals surface area contributed by atoms with E-state index >= 15 is 0 Å². The van der Waals surface area contributed by atoms with Crippen LogP contribution in [0.3, 0.4) is 0 Å². The van der Waals surface area contributed by atoms with Gasteiger partial charge < -0.3 is 4.74 Å². The predicted octanol–water partition coefficient (Wildman–Crippen LogP) is 3.88. The van der Waals surface area contributed by atoms with Crippen LogP contribution in [0.4, 0.5) is 0 Å². The topological polar surface area (TPSA) is 46.6 Å². The maximum atomic E-state index is 13.0. The molecule has 22 heavy (non-hydrogen) atoms. The number of fused-ring (bicyclic) bond motifs is 1. The van der Waals surface area contributed by atoms with Crippen LogP contribution in [0.25, 0.3) is 0 Å². The van der Waals surface area contributed by atoms with Gasteiger partial charge in [-0.05, 0) is 31.4 Å². The summed E-state index contributed by atoms with van der Waals surface area (Å²) in [6.45, 7) is 1.92. The number of ether oxygens (including phenoxy) is 1. The summed E-state index contributed by atoms with van der Waals surface area (Å²) in [5.74, 6) is 0.177. The van der Waals surface area contributed by atoms with Crippen molar-refractivity contribution in [1.82, 2.24) is 4.90 Å². The highest BCUT2D eigenvalue weighted by molar-refractivity contribution is 9.10. The number of hydrogen-bond donors (Lipinski definition) is 0. The van der Waals surface area contributed by atoms with Crippen molar-refractivity contribution in [3.63, 3.8) is 0 Å². The Morgan fingerprint density at radius 2 is 2.00 bits per heavy atom. The van der Waals surface area contributed by atoms with Gasteiger partial charge in [0.05, 0.1) is 10.4 Å². The molecule has 1 fully saturated rings. The third-order valence-corrected chi connectivity index (χ3v) is 5.55. The molecule has 0 N–H and O–H groups in total. The minimum atomic E-state index is -0.804. The Labute approximate surface area is 138 Å². The molecule has 1 aliphatic carbocycles. The van der Waals surface area contributed by atoms with Crippen molar-refractivity contribution in [1.29, 1.82) is 0 Å². The Morgan fingerprint density at radius 3 is 2.68 bits per heavy atom. The molecule has 0 saturated heterocycles. The Hall–Kier alpha value is -1.36. The van der Waals surface area contributed by atoms with Crippen molar-refractivity contribution in [3.05, 3.63) is 29.8 Å². The normalized spacial score (nSPS) is 21.2. The van der Waals surface area contributed by atoms with E-state index in [0.717, 1.165) is 19.3 Å². The molecule has 2 aliphatic rings. The molecule has 0 aromatic heterocycles. The fourth-order valence-electron chi connectivity index (χ4n) is 3.33. The van der Waals surface area contributed by atoms with Crippen molar-refractivity contribution in [2.24, 2.45) is 0 Å². The van der Waals surface area contributed by atoms with E-state index in [0.29, 0.717) is 30.6 Å². The lowest BCUT2D eigenvalue weighted by Crippen LogP contribution is -2.63. The second-order valence-electron chi connectivity index (χ2n) is 5.96. The number of rotatable bonds is 2. The second-order valence-corrected chi connectivity index (χ2v) is 7.06. The zero-order chi connectivity index (χ0) is 15.7. The summed E-state index contributed by atoms with van der Waals surface area (Å²) in [4.78, 5) is 26.8. The van der Waals surface area contributed by atoms with Gasteiger partial charge in [0.1, 0.15) is 5.75 Å². The monoisotopic (exact) mass is 365 g/mol. The van der Waals surface area contributed by atoms with Gasteiger partial charge in [0.25, 0.3) is 5.91 Å². The quantitative estimate of drug-likeness (QED) is 0.747. The van der Waals surface area contributed by atoms with E-state index in [1.165, 1.54) is 4.90 Å². The van der Waals surface area contributed by atoms with Crippen molar-refractivity contribution >= 4 is 27.7 Å². The molecule has 0 radical (unpaired) electrons. The number of benzene rings is 1. The highest BCUT2D eigenvalue weighted by atomic mass is 79.9. The number of carbonyl (C=O) groups is 2. The van der Waals surface area contributed by atoms with Gasteiger partial charge in [-0.2, -0.15) is 0 Å². The molecule has 1 spiro atoms. The van der Waals surface area contributed by atoms with E-state index in [1.807, 2.05) is 19.1 Å².